The number of thiazole rings is 2. The summed E-state index contributed by atoms with van der Waals surface area (Å²) in [4.78, 5) is 32.9. The maximum absolute atomic E-state index is 12.2. The van der Waals surface area contributed by atoms with E-state index < -0.39 is 0 Å². The van der Waals surface area contributed by atoms with Crippen LogP contribution in [0.4, 0.5) is 10.3 Å². The number of carbonyl (C=O) groups is 2. The molecule has 0 aliphatic heterocycles. The van der Waals surface area contributed by atoms with Gasteiger partial charge in [-0.25, -0.2) is 9.97 Å². The molecule has 8 heteroatoms. The predicted octanol–water partition coefficient (Wildman–Crippen LogP) is 3.33. The van der Waals surface area contributed by atoms with E-state index in [-0.39, 0.29) is 17.5 Å². The Balaban J connectivity index is 2.08. The number of aromatic nitrogens is 2. The summed E-state index contributed by atoms with van der Waals surface area (Å²) in [6.07, 6.45) is 2.85. The van der Waals surface area contributed by atoms with Crippen molar-refractivity contribution in [1.29, 1.82) is 0 Å². The molecule has 0 aliphatic carbocycles. The molecule has 0 spiro atoms. The molecule has 2 rings (SSSR count). The van der Waals surface area contributed by atoms with Gasteiger partial charge in [-0.2, -0.15) is 0 Å². The highest BCUT2D eigenvalue weighted by Gasteiger charge is 2.15. The van der Waals surface area contributed by atoms with Crippen molar-refractivity contribution in [3.05, 3.63) is 21.6 Å². The first-order chi connectivity index (χ1) is 10.5. The number of amides is 2. The summed E-state index contributed by atoms with van der Waals surface area (Å²) in [7, 11) is 0. The Bertz CT molecular complexity index is 678. The second kappa shape index (κ2) is 7.46. The fraction of sp³-hybridized carbons (Fsp3) is 0.429. The predicted molar refractivity (Wildman–Crippen MR) is 89.9 cm³/mol. The van der Waals surface area contributed by atoms with Gasteiger partial charge in [0.05, 0.1) is 5.69 Å². The molecule has 0 saturated carbocycles. The molecular formula is C14H18N4O2S2. The van der Waals surface area contributed by atoms with Crippen LogP contribution in [0.5, 0.6) is 0 Å². The molecule has 118 valence electrons. The summed E-state index contributed by atoms with van der Waals surface area (Å²) in [5, 5.41) is 7.96. The van der Waals surface area contributed by atoms with E-state index in [4.69, 9.17) is 0 Å². The number of anilines is 2. The van der Waals surface area contributed by atoms with Crippen LogP contribution in [0.25, 0.3) is 0 Å². The zero-order valence-corrected chi connectivity index (χ0v) is 14.4. The average Bonchev–Trinajstić information content (AvgIpc) is 3.05. The first-order valence-electron chi connectivity index (χ1n) is 7.06. The Morgan fingerprint density at radius 3 is 2.59 bits per heavy atom. The Hall–Kier alpha value is -1.80. The van der Waals surface area contributed by atoms with Crippen molar-refractivity contribution in [3.8, 4) is 0 Å². The van der Waals surface area contributed by atoms with E-state index >= 15 is 0 Å². The molecule has 0 unspecified atom stereocenters. The zero-order chi connectivity index (χ0) is 16.1. The Morgan fingerprint density at radius 2 is 1.95 bits per heavy atom. The van der Waals surface area contributed by atoms with Gasteiger partial charge in [-0.1, -0.05) is 20.3 Å². The maximum atomic E-state index is 12.2. The lowest BCUT2D eigenvalue weighted by atomic mass is 10.2. The number of rotatable bonds is 6. The average molecular weight is 338 g/mol. The van der Waals surface area contributed by atoms with Crippen LogP contribution in [-0.4, -0.2) is 21.8 Å². The summed E-state index contributed by atoms with van der Waals surface area (Å²) in [6, 6.07) is 0. The summed E-state index contributed by atoms with van der Waals surface area (Å²) in [5.41, 5.74) is 1.33. The zero-order valence-electron chi connectivity index (χ0n) is 12.7. The van der Waals surface area contributed by atoms with Crippen molar-refractivity contribution in [2.75, 3.05) is 10.6 Å². The van der Waals surface area contributed by atoms with Gasteiger partial charge in [-0.3, -0.25) is 14.9 Å². The highest BCUT2D eigenvalue weighted by Crippen LogP contribution is 2.25. The van der Waals surface area contributed by atoms with Crippen LogP contribution < -0.4 is 10.6 Å². The first kappa shape index (κ1) is 16.6. The van der Waals surface area contributed by atoms with E-state index in [0.29, 0.717) is 10.3 Å². The molecule has 0 atom stereocenters. The van der Waals surface area contributed by atoms with E-state index in [2.05, 4.69) is 34.4 Å². The third-order valence-corrected chi connectivity index (χ3v) is 4.74. The summed E-state index contributed by atoms with van der Waals surface area (Å²) in [5.74, 6) is -0.523. The van der Waals surface area contributed by atoms with Gasteiger partial charge in [-0.05, 0) is 12.8 Å². The molecule has 2 amide bonds. The van der Waals surface area contributed by atoms with Gasteiger partial charge >= 0.3 is 0 Å². The molecule has 0 saturated heterocycles. The van der Waals surface area contributed by atoms with Crippen LogP contribution in [0.1, 0.15) is 48.3 Å². The molecule has 0 aromatic carbocycles. The molecular weight excluding hydrogens is 320 g/mol. The standard InChI is InChI=1S/C14H18N4O2S2/c1-4-6-9-11(5-2)22-14(16-9)18-12(20)10-7-21-13(17-10)15-8(3)19/h7H,4-6H2,1-3H3,(H,15,17,19)(H,16,18,20). The first-order valence-corrected chi connectivity index (χ1v) is 8.76. The van der Waals surface area contributed by atoms with Crippen molar-refractivity contribution in [2.24, 2.45) is 0 Å². The minimum absolute atomic E-state index is 0.210. The van der Waals surface area contributed by atoms with Crippen LogP contribution in [0.3, 0.4) is 0 Å². The smallest absolute Gasteiger partial charge is 0.276 e. The minimum Gasteiger partial charge on any atom is -0.302 e. The fourth-order valence-electron chi connectivity index (χ4n) is 1.89. The number of hydrogen-bond acceptors (Lipinski definition) is 6. The van der Waals surface area contributed by atoms with Gasteiger partial charge in [0.15, 0.2) is 10.3 Å². The van der Waals surface area contributed by atoms with E-state index in [1.54, 1.807) is 5.38 Å². The van der Waals surface area contributed by atoms with E-state index in [9.17, 15) is 9.59 Å². The van der Waals surface area contributed by atoms with Crippen molar-refractivity contribution >= 4 is 44.8 Å². The van der Waals surface area contributed by atoms with Crippen LogP contribution in [-0.2, 0) is 17.6 Å². The number of nitrogens with one attached hydrogen (secondary N) is 2. The normalized spacial score (nSPS) is 10.5. The largest absolute Gasteiger partial charge is 0.302 e. The van der Waals surface area contributed by atoms with Crippen molar-refractivity contribution in [1.82, 2.24) is 9.97 Å². The number of carbonyl (C=O) groups excluding carboxylic acids is 2. The van der Waals surface area contributed by atoms with Gasteiger partial charge in [-0.15, -0.1) is 22.7 Å². The summed E-state index contributed by atoms with van der Waals surface area (Å²) < 4.78 is 0. The van der Waals surface area contributed by atoms with Gasteiger partial charge in [0.25, 0.3) is 5.91 Å². The summed E-state index contributed by atoms with van der Waals surface area (Å²) in [6.45, 7) is 5.59. The lowest BCUT2D eigenvalue weighted by Crippen LogP contribution is -2.13. The molecule has 6 nitrogen and oxygen atoms in total. The summed E-state index contributed by atoms with van der Waals surface area (Å²) >= 11 is 2.72. The molecule has 2 heterocycles. The molecule has 22 heavy (non-hydrogen) atoms. The molecule has 0 radical (unpaired) electrons. The number of hydrogen-bond donors (Lipinski definition) is 2. The maximum Gasteiger partial charge on any atom is 0.276 e. The highest BCUT2D eigenvalue weighted by atomic mass is 32.1. The van der Waals surface area contributed by atoms with Crippen molar-refractivity contribution < 1.29 is 9.59 Å². The monoisotopic (exact) mass is 338 g/mol. The van der Waals surface area contributed by atoms with E-state index in [1.165, 1.54) is 34.5 Å². The second-order valence-electron chi connectivity index (χ2n) is 4.67. The third-order valence-electron chi connectivity index (χ3n) is 2.83. The Labute approximate surface area is 137 Å². The van der Waals surface area contributed by atoms with Gasteiger partial charge in [0.2, 0.25) is 5.91 Å². The number of nitrogens with zero attached hydrogens (tertiary/aromatic N) is 2. The van der Waals surface area contributed by atoms with Crippen LogP contribution in [0.2, 0.25) is 0 Å². The lowest BCUT2D eigenvalue weighted by molar-refractivity contribution is -0.114. The van der Waals surface area contributed by atoms with Crippen LogP contribution in [0.15, 0.2) is 5.38 Å². The SMILES string of the molecule is CCCc1nc(NC(=O)c2csc(NC(C)=O)n2)sc1CC. The number of aryl methyl sites for hydroxylation is 2. The highest BCUT2D eigenvalue weighted by molar-refractivity contribution is 7.16. The van der Waals surface area contributed by atoms with Crippen molar-refractivity contribution in [2.45, 2.75) is 40.0 Å². The Morgan fingerprint density at radius 1 is 1.18 bits per heavy atom. The van der Waals surface area contributed by atoms with Crippen LogP contribution >= 0.6 is 22.7 Å². The second-order valence-corrected chi connectivity index (χ2v) is 6.61. The fourth-order valence-corrected chi connectivity index (χ4v) is 3.57. The lowest BCUT2D eigenvalue weighted by Gasteiger charge is -1.97. The molecule has 0 bridgehead atoms. The molecule has 2 aromatic rings. The van der Waals surface area contributed by atoms with Gasteiger partial charge < -0.3 is 5.32 Å². The third kappa shape index (κ3) is 4.11. The topological polar surface area (TPSA) is 84.0 Å². The van der Waals surface area contributed by atoms with Crippen LogP contribution in [0, 0.1) is 0 Å². The molecule has 2 aromatic heterocycles. The quantitative estimate of drug-likeness (QED) is 0.846. The minimum atomic E-state index is -0.313. The van der Waals surface area contributed by atoms with E-state index in [0.717, 1.165) is 25.0 Å². The Kier molecular flexibility index (Phi) is 5.62. The van der Waals surface area contributed by atoms with Gasteiger partial charge in [0.1, 0.15) is 5.69 Å². The molecule has 2 N–H and O–H groups in total. The van der Waals surface area contributed by atoms with Gasteiger partial charge in [0, 0.05) is 17.2 Å². The molecule has 0 fully saturated rings. The van der Waals surface area contributed by atoms with Crippen molar-refractivity contribution in [3.63, 3.8) is 0 Å². The van der Waals surface area contributed by atoms with E-state index in [1.807, 2.05) is 0 Å². The molecule has 0 aliphatic rings.